The molecule has 0 aliphatic carbocycles. The van der Waals surface area contributed by atoms with Crippen molar-refractivity contribution in [2.45, 2.75) is 31.1 Å². The molecule has 0 spiro atoms. The number of carbonyl (C=O) groups excluding carboxylic acids is 1. The van der Waals surface area contributed by atoms with Gasteiger partial charge >= 0.3 is 0 Å². The normalized spacial score (nSPS) is 15.6. The van der Waals surface area contributed by atoms with Crippen LogP contribution in [0.1, 0.15) is 35.2 Å². The average Bonchev–Trinajstić information content (AvgIpc) is 2.69. The van der Waals surface area contributed by atoms with Crippen LogP contribution in [0.25, 0.3) is 0 Å². The molecular weight excluding hydrogens is 379 g/mol. The zero-order chi connectivity index (χ0) is 20.1. The van der Waals surface area contributed by atoms with Crippen molar-refractivity contribution in [2.24, 2.45) is 5.92 Å². The van der Waals surface area contributed by atoms with E-state index in [0.717, 1.165) is 24.8 Å². The van der Waals surface area contributed by atoms with E-state index in [1.807, 2.05) is 6.92 Å². The number of benzene rings is 2. The summed E-state index contributed by atoms with van der Waals surface area (Å²) in [6, 6.07) is 12.4. The minimum absolute atomic E-state index is 0.0847. The molecule has 2 aromatic carbocycles. The molecule has 150 valence electrons. The molecule has 1 aliphatic rings. The van der Waals surface area contributed by atoms with Gasteiger partial charge in [-0.3, -0.25) is 4.79 Å². The van der Waals surface area contributed by atoms with Crippen LogP contribution < -0.4 is 4.72 Å². The lowest BCUT2D eigenvalue weighted by molar-refractivity contribution is 0.0687. The number of hydrogen-bond acceptors (Lipinski definition) is 3. The fourth-order valence-corrected chi connectivity index (χ4v) is 4.45. The molecule has 28 heavy (non-hydrogen) atoms. The molecule has 7 heteroatoms. The molecule has 0 bridgehead atoms. The molecule has 0 saturated carbocycles. The predicted molar refractivity (Wildman–Crippen MR) is 106 cm³/mol. The van der Waals surface area contributed by atoms with Crippen molar-refractivity contribution in [3.8, 4) is 0 Å². The van der Waals surface area contributed by atoms with Crippen LogP contribution in [-0.4, -0.2) is 38.9 Å². The van der Waals surface area contributed by atoms with E-state index in [4.69, 9.17) is 0 Å². The second kappa shape index (κ2) is 8.84. The van der Waals surface area contributed by atoms with Gasteiger partial charge in [-0.1, -0.05) is 17.7 Å². The molecule has 1 N–H and O–H groups in total. The smallest absolute Gasteiger partial charge is 0.253 e. The third-order valence-corrected chi connectivity index (χ3v) is 6.65. The quantitative estimate of drug-likeness (QED) is 0.803. The van der Waals surface area contributed by atoms with E-state index < -0.39 is 10.0 Å². The zero-order valence-corrected chi connectivity index (χ0v) is 16.7. The number of halogens is 1. The number of carbonyl (C=O) groups is 1. The first kappa shape index (κ1) is 20.5. The molecule has 0 aromatic heterocycles. The highest BCUT2D eigenvalue weighted by Gasteiger charge is 2.24. The van der Waals surface area contributed by atoms with Gasteiger partial charge in [-0.2, -0.15) is 0 Å². The molecule has 5 nitrogen and oxygen atoms in total. The van der Waals surface area contributed by atoms with Crippen LogP contribution in [0.2, 0.25) is 0 Å². The predicted octanol–water partition coefficient (Wildman–Crippen LogP) is 3.35. The summed E-state index contributed by atoms with van der Waals surface area (Å²) in [7, 11) is -3.49. The van der Waals surface area contributed by atoms with Gasteiger partial charge in [-0.05, 0) is 68.5 Å². The summed E-state index contributed by atoms with van der Waals surface area (Å²) in [6.45, 7) is 3.56. The molecule has 1 fully saturated rings. The van der Waals surface area contributed by atoms with E-state index in [-0.39, 0.29) is 16.6 Å². The summed E-state index contributed by atoms with van der Waals surface area (Å²) in [4.78, 5) is 14.5. The minimum Gasteiger partial charge on any atom is -0.339 e. The summed E-state index contributed by atoms with van der Waals surface area (Å²) >= 11 is 0. The minimum atomic E-state index is -3.49. The van der Waals surface area contributed by atoms with Crippen LogP contribution in [0.4, 0.5) is 4.39 Å². The average molecular weight is 405 g/mol. The maximum atomic E-state index is 13.0. The summed E-state index contributed by atoms with van der Waals surface area (Å²) in [5.74, 6) is -0.0696. The highest BCUT2D eigenvalue weighted by atomic mass is 32.2. The van der Waals surface area contributed by atoms with Crippen molar-refractivity contribution in [3.63, 3.8) is 0 Å². The number of nitrogens with zero attached hydrogens (tertiary/aromatic N) is 1. The maximum Gasteiger partial charge on any atom is 0.253 e. The Balaban J connectivity index is 1.45. The SMILES string of the molecule is Cc1ccc(S(=O)(=O)NCCC2CCN(C(=O)c3ccc(F)cc3)CC2)cc1. The molecule has 0 radical (unpaired) electrons. The Morgan fingerprint density at radius 3 is 2.29 bits per heavy atom. The van der Waals surface area contributed by atoms with Crippen LogP contribution >= 0.6 is 0 Å². The van der Waals surface area contributed by atoms with Gasteiger partial charge in [0.25, 0.3) is 5.91 Å². The van der Waals surface area contributed by atoms with Gasteiger partial charge in [0.1, 0.15) is 5.82 Å². The van der Waals surface area contributed by atoms with Crippen molar-refractivity contribution in [1.82, 2.24) is 9.62 Å². The largest absolute Gasteiger partial charge is 0.339 e. The lowest BCUT2D eigenvalue weighted by Crippen LogP contribution is -2.39. The number of sulfonamides is 1. The molecule has 1 amide bonds. The molecule has 3 rings (SSSR count). The second-order valence-electron chi connectivity index (χ2n) is 7.24. The zero-order valence-electron chi connectivity index (χ0n) is 15.9. The molecule has 1 saturated heterocycles. The highest BCUT2D eigenvalue weighted by Crippen LogP contribution is 2.22. The van der Waals surface area contributed by atoms with Crippen molar-refractivity contribution in [3.05, 3.63) is 65.5 Å². The van der Waals surface area contributed by atoms with Gasteiger partial charge in [0.2, 0.25) is 10.0 Å². The lowest BCUT2D eigenvalue weighted by Gasteiger charge is -2.32. The third kappa shape index (κ3) is 5.17. The standard InChI is InChI=1S/C21H25FN2O3S/c1-16-2-8-20(9-3-16)28(26,27)23-13-10-17-11-14-24(15-12-17)21(25)18-4-6-19(22)7-5-18/h2-9,17,23H,10-15H2,1H3. The Kier molecular flexibility index (Phi) is 6.46. The number of likely N-dealkylation sites (tertiary alicyclic amines) is 1. The molecule has 0 unspecified atom stereocenters. The lowest BCUT2D eigenvalue weighted by atomic mass is 9.93. The number of hydrogen-bond donors (Lipinski definition) is 1. The summed E-state index contributed by atoms with van der Waals surface area (Å²) in [5, 5.41) is 0. The van der Waals surface area contributed by atoms with Crippen LogP contribution in [0, 0.1) is 18.7 Å². The molecule has 1 aliphatic heterocycles. The van der Waals surface area contributed by atoms with E-state index >= 15 is 0 Å². The van der Waals surface area contributed by atoms with E-state index in [1.165, 1.54) is 24.3 Å². The Morgan fingerprint density at radius 1 is 1.07 bits per heavy atom. The highest BCUT2D eigenvalue weighted by molar-refractivity contribution is 7.89. The first-order valence-corrected chi connectivity index (χ1v) is 10.9. The van der Waals surface area contributed by atoms with Gasteiger partial charge in [0.15, 0.2) is 0 Å². The fraction of sp³-hybridized carbons (Fsp3) is 0.381. The van der Waals surface area contributed by atoms with Crippen LogP contribution in [-0.2, 0) is 10.0 Å². The first-order chi connectivity index (χ1) is 13.3. The monoisotopic (exact) mass is 404 g/mol. The van der Waals surface area contributed by atoms with E-state index in [0.29, 0.717) is 31.1 Å². The van der Waals surface area contributed by atoms with Crippen LogP contribution in [0.3, 0.4) is 0 Å². The number of nitrogens with one attached hydrogen (secondary N) is 1. The van der Waals surface area contributed by atoms with Crippen molar-refractivity contribution >= 4 is 15.9 Å². The van der Waals surface area contributed by atoms with E-state index in [2.05, 4.69) is 4.72 Å². The Hall–Kier alpha value is -2.25. The summed E-state index contributed by atoms with van der Waals surface area (Å²) < 4.78 is 40.3. The van der Waals surface area contributed by atoms with Gasteiger partial charge in [0, 0.05) is 25.2 Å². The van der Waals surface area contributed by atoms with Gasteiger partial charge in [0.05, 0.1) is 4.90 Å². The summed E-state index contributed by atoms with van der Waals surface area (Å²) in [5.41, 5.74) is 1.51. The second-order valence-corrected chi connectivity index (χ2v) is 9.01. The molecule has 2 aromatic rings. The Bertz CT molecular complexity index is 904. The van der Waals surface area contributed by atoms with E-state index in [1.54, 1.807) is 29.2 Å². The van der Waals surface area contributed by atoms with Crippen molar-refractivity contribution < 1.29 is 17.6 Å². The Morgan fingerprint density at radius 2 is 1.68 bits per heavy atom. The number of amides is 1. The number of piperidine rings is 1. The number of rotatable bonds is 6. The molecular formula is C21H25FN2O3S. The van der Waals surface area contributed by atoms with Crippen LogP contribution in [0.15, 0.2) is 53.4 Å². The van der Waals surface area contributed by atoms with Crippen molar-refractivity contribution in [1.29, 1.82) is 0 Å². The van der Waals surface area contributed by atoms with Gasteiger partial charge in [-0.25, -0.2) is 17.5 Å². The van der Waals surface area contributed by atoms with Crippen LogP contribution in [0.5, 0.6) is 0 Å². The van der Waals surface area contributed by atoms with Gasteiger partial charge in [-0.15, -0.1) is 0 Å². The fourth-order valence-electron chi connectivity index (χ4n) is 3.40. The van der Waals surface area contributed by atoms with E-state index in [9.17, 15) is 17.6 Å². The third-order valence-electron chi connectivity index (χ3n) is 5.17. The molecule has 0 atom stereocenters. The topological polar surface area (TPSA) is 66.5 Å². The summed E-state index contributed by atoms with van der Waals surface area (Å²) in [6.07, 6.45) is 2.40. The Labute approximate surface area is 165 Å². The molecule has 1 heterocycles. The maximum absolute atomic E-state index is 13.0. The first-order valence-electron chi connectivity index (χ1n) is 9.46. The van der Waals surface area contributed by atoms with Gasteiger partial charge < -0.3 is 4.90 Å². The number of aryl methyl sites for hydroxylation is 1. The van der Waals surface area contributed by atoms with Crippen molar-refractivity contribution in [2.75, 3.05) is 19.6 Å².